The summed E-state index contributed by atoms with van der Waals surface area (Å²) in [5.74, 6) is -0.485. The van der Waals surface area contributed by atoms with E-state index < -0.39 is 0 Å². The Morgan fingerprint density at radius 2 is 2.32 bits per heavy atom. The van der Waals surface area contributed by atoms with Crippen LogP contribution in [-0.4, -0.2) is 41.1 Å². The number of anilines is 1. The third kappa shape index (κ3) is 4.78. The average molecular weight is 308 g/mol. The Morgan fingerprint density at radius 3 is 3.05 bits per heavy atom. The number of benzene rings is 1. The Morgan fingerprint density at radius 1 is 1.50 bits per heavy atom. The molecule has 0 aromatic heterocycles. The van der Waals surface area contributed by atoms with E-state index >= 15 is 0 Å². The van der Waals surface area contributed by atoms with Crippen LogP contribution in [0.2, 0.25) is 0 Å². The average Bonchev–Trinajstić information content (AvgIpc) is 2.52. The number of carbonyl (C=O) groups excluding carboxylic acids is 1. The van der Waals surface area contributed by atoms with E-state index in [0.29, 0.717) is 18.7 Å². The molecule has 2 atom stereocenters. The second kappa shape index (κ2) is 8.25. The Hall–Kier alpha value is -1.46. The third-order valence-corrected chi connectivity index (χ3v) is 4.26. The smallest absolute Gasteiger partial charge is 0.225 e. The zero-order valence-corrected chi connectivity index (χ0v) is 13.1. The van der Waals surface area contributed by atoms with Crippen molar-refractivity contribution in [3.05, 3.63) is 30.1 Å². The van der Waals surface area contributed by atoms with E-state index in [0.717, 1.165) is 32.2 Å². The predicted octanol–water partition coefficient (Wildman–Crippen LogP) is 2.78. The maximum absolute atomic E-state index is 13.1. The zero-order valence-electron chi connectivity index (χ0n) is 13.1. The number of hydrogen-bond acceptors (Lipinski definition) is 3. The molecule has 1 aromatic carbocycles. The van der Waals surface area contributed by atoms with Gasteiger partial charge in [-0.05, 0) is 44.0 Å². The lowest BCUT2D eigenvalue weighted by Crippen LogP contribution is -2.47. The van der Waals surface area contributed by atoms with Crippen LogP contribution in [0.3, 0.4) is 0 Å². The minimum atomic E-state index is -0.361. The molecule has 4 nitrogen and oxygen atoms in total. The van der Waals surface area contributed by atoms with E-state index in [4.69, 9.17) is 0 Å². The topological polar surface area (TPSA) is 52.6 Å². The van der Waals surface area contributed by atoms with Gasteiger partial charge in [-0.1, -0.05) is 19.4 Å². The highest BCUT2D eigenvalue weighted by molar-refractivity contribution is 5.90. The molecule has 2 unspecified atom stereocenters. The van der Waals surface area contributed by atoms with E-state index in [1.165, 1.54) is 12.1 Å². The van der Waals surface area contributed by atoms with Gasteiger partial charge in [0.25, 0.3) is 0 Å². The maximum atomic E-state index is 13.1. The largest absolute Gasteiger partial charge is 0.392 e. The number of piperidine rings is 1. The summed E-state index contributed by atoms with van der Waals surface area (Å²) in [6.45, 7) is 3.53. The fourth-order valence-electron chi connectivity index (χ4n) is 3.04. The summed E-state index contributed by atoms with van der Waals surface area (Å²) in [7, 11) is 0. The molecule has 1 aromatic rings. The SMILES string of the molecule is CCC(O)C1CCCCN1CCC(=O)Nc1cccc(F)c1. The lowest BCUT2D eigenvalue weighted by molar-refractivity contribution is -0.117. The zero-order chi connectivity index (χ0) is 15.9. The van der Waals surface area contributed by atoms with Crippen molar-refractivity contribution in [3.8, 4) is 0 Å². The normalized spacial score (nSPS) is 20.6. The molecule has 0 aliphatic carbocycles. The number of likely N-dealkylation sites (tertiary alicyclic amines) is 1. The first-order valence-electron chi connectivity index (χ1n) is 8.07. The van der Waals surface area contributed by atoms with Crippen LogP contribution >= 0.6 is 0 Å². The van der Waals surface area contributed by atoms with Crippen LogP contribution in [0.5, 0.6) is 0 Å². The summed E-state index contributed by atoms with van der Waals surface area (Å²) in [5.41, 5.74) is 0.480. The third-order valence-electron chi connectivity index (χ3n) is 4.26. The van der Waals surface area contributed by atoms with E-state index in [1.807, 2.05) is 6.92 Å². The summed E-state index contributed by atoms with van der Waals surface area (Å²) >= 11 is 0. The number of hydrogen-bond donors (Lipinski definition) is 2. The molecule has 1 aliphatic heterocycles. The summed E-state index contributed by atoms with van der Waals surface area (Å²) in [4.78, 5) is 14.2. The molecule has 1 saturated heterocycles. The number of amides is 1. The highest BCUT2D eigenvalue weighted by Gasteiger charge is 2.27. The Bertz CT molecular complexity index is 495. The van der Waals surface area contributed by atoms with Crippen molar-refractivity contribution in [3.63, 3.8) is 0 Å². The van der Waals surface area contributed by atoms with Crippen LogP contribution in [0.4, 0.5) is 10.1 Å². The van der Waals surface area contributed by atoms with E-state index in [-0.39, 0.29) is 23.9 Å². The Kier molecular flexibility index (Phi) is 6.34. The van der Waals surface area contributed by atoms with Crippen LogP contribution < -0.4 is 5.32 Å². The minimum Gasteiger partial charge on any atom is -0.392 e. The first kappa shape index (κ1) is 16.9. The van der Waals surface area contributed by atoms with Gasteiger partial charge in [0.05, 0.1) is 6.10 Å². The molecule has 122 valence electrons. The van der Waals surface area contributed by atoms with Crippen molar-refractivity contribution in [2.24, 2.45) is 0 Å². The molecule has 1 fully saturated rings. The molecule has 2 N–H and O–H groups in total. The number of nitrogens with zero attached hydrogens (tertiary/aromatic N) is 1. The predicted molar refractivity (Wildman–Crippen MR) is 85.2 cm³/mol. The van der Waals surface area contributed by atoms with Gasteiger partial charge in [-0.2, -0.15) is 0 Å². The van der Waals surface area contributed by atoms with Crippen LogP contribution in [0, 0.1) is 5.82 Å². The van der Waals surface area contributed by atoms with E-state index in [9.17, 15) is 14.3 Å². The Labute approximate surface area is 131 Å². The van der Waals surface area contributed by atoms with Gasteiger partial charge in [0.15, 0.2) is 0 Å². The Balaban J connectivity index is 1.84. The van der Waals surface area contributed by atoms with Crippen molar-refractivity contribution in [2.45, 2.75) is 51.2 Å². The lowest BCUT2D eigenvalue weighted by atomic mass is 9.96. The number of aliphatic hydroxyl groups excluding tert-OH is 1. The van der Waals surface area contributed by atoms with Crippen molar-refractivity contribution in [1.29, 1.82) is 0 Å². The summed E-state index contributed by atoms with van der Waals surface area (Å²) in [5, 5.41) is 12.8. The van der Waals surface area contributed by atoms with Gasteiger partial charge in [-0.3, -0.25) is 9.69 Å². The molecule has 1 amide bonds. The first-order valence-corrected chi connectivity index (χ1v) is 8.07. The van der Waals surface area contributed by atoms with Gasteiger partial charge in [0.2, 0.25) is 5.91 Å². The molecule has 2 rings (SSSR count). The maximum Gasteiger partial charge on any atom is 0.225 e. The molecule has 1 heterocycles. The fourth-order valence-corrected chi connectivity index (χ4v) is 3.04. The van der Waals surface area contributed by atoms with Gasteiger partial charge in [-0.15, -0.1) is 0 Å². The molecule has 0 bridgehead atoms. The number of rotatable bonds is 6. The standard InChI is InChI=1S/C17H25FN2O2/c1-2-16(21)15-8-3-4-10-20(15)11-9-17(22)19-14-7-5-6-13(18)12-14/h5-7,12,15-16,21H,2-4,8-11H2,1H3,(H,19,22). The molecule has 0 radical (unpaired) electrons. The minimum absolute atomic E-state index is 0.124. The highest BCUT2D eigenvalue weighted by Crippen LogP contribution is 2.21. The van der Waals surface area contributed by atoms with Crippen molar-refractivity contribution >= 4 is 11.6 Å². The quantitative estimate of drug-likeness (QED) is 0.849. The fraction of sp³-hybridized carbons (Fsp3) is 0.588. The van der Waals surface area contributed by atoms with Crippen LogP contribution in [0.15, 0.2) is 24.3 Å². The van der Waals surface area contributed by atoms with Gasteiger partial charge < -0.3 is 10.4 Å². The summed E-state index contributed by atoms with van der Waals surface area (Å²) in [6.07, 6.45) is 3.99. The summed E-state index contributed by atoms with van der Waals surface area (Å²) in [6, 6.07) is 6.05. The number of carbonyl (C=O) groups is 1. The monoisotopic (exact) mass is 308 g/mol. The number of aliphatic hydroxyl groups is 1. The van der Waals surface area contributed by atoms with Crippen molar-refractivity contribution < 1.29 is 14.3 Å². The highest BCUT2D eigenvalue weighted by atomic mass is 19.1. The second-order valence-electron chi connectivity index (χ2n) is 5.88. The molecular weight excluding hydrogens is 283 g/mol. The van der Waals surface area contributed by atoms with Crippen molar-refractivity contribution in [2.75, 3.05) is 18.4 Å². The van der Waals surface area contributed by atoms with E-state index in [1.54, 1.807) is 12.1 Å². The first-order chi connectivity index (χ1) is 10.6. The number of halogens is 1. The summed E-state index contributed by atoms with van der Waals surface area (Å²) < 4.78 is 13.1. The molecule has 5 heteroatoms. The van der Waals surface area contributed by atoms with E-state index in [2.05, 4.69) is 10.2 Å². The van der Waals surface area contributed by atoms with Crippen LogP contribution in [0.1, 0.15) is 39.0 Å². The molecule has 1 aliphatic rings. The lowest BCUT2D eigenvalue weighted by Gasteiger charge is -2.38. The second-order valence-corrected chi connectivity index (χ2v) is 5.88. The van der Waals surface area contributed by atoms with Gasteiger partial charge >= 0.3 is 0 Å². The molecule has 0 spiro atoms. The molecule has 0 saturated carbocycles. The van der Waals surface area contributed by atoms with Gasteiger partial charge in [0.1, 0.15) is 5.82 Å². The van der Waals surface area contributed by atoms with Gasteiger partial charge in [0, 0.05) is 24.7 Å². The molecule has 22 heavy (non-hydrogen) atoms. The van der Waals surface area contributed by atoms with Crippen LogP contribution in [-0.2, 0) is 4.79 Å². The van der Waals surface area contributed by atoms with Gasteiger partial charge in [-0.25, -0.2) is 4.39 Å². The molecular formula is C17H25FN2O2. The van der Waals surface area contributed by atoms with Crippen molar-refractivity contribution in [1.82, 2.24) is 4.90 Å². The van der Waals surface area contributed by atoms with Crippen LogP contribution in [0.25, 0.3) is 0 Å². The number of nitrogens with one attached hydrogen (secondary N) is 1.